The number of hydrogen-bond donors (Lipinski definition) is 1. The van der Waals surface area contributed by atoms with Crippen LogP contribution < -0.4 is 4.74 Å². The van der Waals surface area contributed by atoms with Gasteiger partial charge in [-0.3, -0.25) is 4.98 Å². The molecule has 0 aliphatic heterocycles. The molecule has 0 unspecified atom stereocenters. The van der Waals surface area contributed by atoms with Crippen LogP contribution in [0.25, 0.3) is 16.8 Å². The van der Waals surface area contributed by atoms with Gasteiger partial charge in [-0.1, -0.05) is 0 Å². The predicted octanol–water partition coefficient (Wildman–Crippen LogP) is 2.34. The van der Waals surface area contributed by atoms with Gasteiger partial charge in [0.25, 0.3) is 0 Å². The molecule has 2 aromatic rings. The van der Waals surface area contributed by atoms with Gasteiger partial charge in [0.1, 0.15) is 5.75 Å². The second-order valence-electron chi connectivity index (χ2n) is 3.45. The van der Waals surface area contributed by atoms with E-state index in [2.05, 4.69) is 4.98 Å². The molecule has 0 radical (unpaired) electrons. The lowest BCUT2D eigenvalue weighted by Crippen LogP contribution is -1.89. The molecule has 17 heavy (non-hydrogen) atoms. The monoisotopic (exact) mass is 229 g/mol. The van der Waals surface area contributed by atoms with Crippen LogP contribution in [0.1, 0.15) is 5.69 Å². The summed E-state index contributed by atoms with van der Waals surface area (Å²) in [7, 11) is 1.60. The Bertz CT molecular complexity index is 590. The molecule has 1 heterocycles. The van der Waals surface area contributed by atoms with Crippen LogP contribution in [0, 0.1) is 0 Å². The van der Waals surface area contributed by atoms with Crippen LogP contribution in [0.2, 0.25) is 0 Å². The predicted molar refractivity (Wildman–Crippen MR) is 65.0 cm³/mol. The first-order chi connectivity index (χ1) is 8.20. The number of carboxylic acids is 1. The molecule has 86 valence electrons. The van der Waals surface area contributed by atoms with Gasteiger partial charge >= 0.3 is 5.97 Å². The summed E-state index contributed by atoms with van der Waals surface area (Å²) in [5, 5.41) is 10.5. The summed E-state index contributed by atoms with van der Waals surface area (Å²) in [5.41, 5.74) is 0.632. The lowest BCUT2D eigenvalue weighted by Gasteiger charge is -2.04. The largest absolute Gasteiger partial charge is 0.497 e. The molecular weight excluding hydrogens is 218 g/mol. The number of benzene rings is 1. The van der Waals surface area contributed by atoms with Crippen molar-refractivity contribution in [2.45, 2.75) is 0 Å². The maximum atomic E-state index is 10.5. The van der Waals surface area contributed by atoms with E-state index in [-0.39, 0.29) is 0 Å². The molecule has 1 aromatic carbocycles. The van der Waals surface area contributed by atoms with Crippen LogP contribution in [-0.4, -0.2) is 23.2 Å². The van der Waals surface area contributed by atoms with Crippen LogP contribution in [0.15, 0.2) is 36.5 Å². The van der Waals surface area contributed by atoms with E-state index < -0.39 is 5.97 Å². The molecule has 0 aliphatic carbocycles. The number of carboxylic acid groups (broad SMARTS) is 1. The van der Waals surface area contributed by atoms with Gasteiger partial charge in [0.2, 0.25) is 0 Å². The highest BCUT2D eigenvalue weighted by Gasteiger charge is 2.01. The first kappa shape index (κ1) is 11.1. The van der Waals surface area contributed by atoms with Crippen LogP contribution in [-0.2, 0) is 4.79 Å². The van der Waals surface area contributed by atoms with Crippen molar-refractivity contribution in [2.24, 2.45) is 0 Å². The quantitative estimate of drug-likeness (QED) is 0.820. The summed E-state index contributed by atoms with van der Waals surface area (Å²) in [6.45, 7) is 0. The van der Waals surface area contributed by atoms with Gasteiger partial charge in [-0.05, 0) is 35.7 Å². The van der Waals surface area contributed by atoms with Gasteiger partial charge in [0.05, 0.1) is 12.8 Å². The Morgan fingerprint density at radius 2 is 2.24 bits per heavy atom. The number of ether oxygens (including phenoxy) is 1. The number of aliphatic carboxylic acids is 1. The van der Waals surface area contributed by atoms with Crippen molar-refractivity contribution in [3.63, 3.8) is 0 Å². The molecule has 0 amide bonds. The zero-order valence-corrected chi connectivity index (χ0v) is 9.25. The molecule has 2 rings (SSSR count). The molecular formula is C13H11NO3. The van der Waals surface area contributed by atoms with Crippen molar-refractivity contribution in [1.82, 2.24) is 4.98 Å². The molecule has 4 nitrogen and oxygen atoms in total. The van der Waals surface area contributed by atoms with E-state index in [0.29, 0.717) is 5.69 Å². The Morgan fingerprint density at radius 1 is 1.41 bits per heavy atom. The minimum atomic E-state index is -0.989. The minimum absolute atomic E-state index is 0.632. The Kier molecular flexibility index (Phi) is 3.05. The topological polar surface area (TPSA) is 59.4 Å². The van der Waals surface area contributed by atoms with Crippen molar-refractivity contribution in [2.75, 3.05) is 7.11 Å². The summed E-state index contributed by atoms with van der Waals surface area (Å²) in [6.07, 6.45) is 4.20. The second-order valence-corrected chi connectivity index (χ2v) is 3.45. The van der Waals surface area contributed by atoms with Gasteiger partial charge in [-0.15, -0.1) is 0 Å². The van der Waals surface area contributed by atoms with E-state index in [0.717, 1.165) is 22.6 Å². The molecule has 1 aromatic heterocycles. The molecule has 0 saturated carbocycles. The Morgan fingerprint density at radius 3 is 2.94 bits per heavy atom. The van der Waals surface area contributed by atoms with Crippen molar-refractivity contribution < 1.29 is 14.6 Å². The Hall–Kier alpha value is -2.36. The lowest BCUT2D eigenvalue weighted by atomic mass is 10.1. The second kappa shape index (κ2) is 4.65. The van der Waals surface area contributed by atoms with E-state index in [1.165, 1.54) is 6.08 Å². The lowest BCUT2D eigenvalue weighted by molar-refractivity contribution is -0.131. The van der Waals surface area contributed by atoms with Gasteiger partial charge < -0.3 is 9.84 Å². The average Bonchev–Trinajstić information content (AvgIpc) is 2.35. The van der Waals surface area contributed by atoms with E-state index in [1.54, 1.807) is 13.3 Å². The third-order valence-electron chi connectivity index (χ3n) is 2.39. The third kappa shape index (κ3) is 2.42. The number of methoxy groups -OCH3 is 1. The summed E-state index contributed by atoms with van der Waals surface area (Å²) in [5.74, 6) is -0.228. The normalized spacial score (nSPS) is 10.9. The molecule has 4 heteroatoms. The molecule has 0 saturated heterocycles. The highest BCUT2D eigenvalue weighted by molar-refractivity contribution is 5.93. The molecule has 0 atom stereocenters. The summed E-state index contributed by atoms with van der Waals surface area (Å²) >= 11 is 0. The smallest absolute Gasteiger partial charge is 0.328 e. The number of rotatable bonds is 3. The van der Waals surface area contributed by atoms with Crippen molar-refractivity contribution in [3.8, 4) is 5.75 Å². The fourth-order valence-corrected chi connectivity index (χ4v) is 1.59. The maximum absolute atomic E-state index is 10.5. The number of carbonyl (C=O) groups is 1. The fourth-order valence-electron chi connectivity index (χ4n) is 1.59. The van der Waals surface area contributed by atoms with E-state index in [9.17, 15) is 4.79 Å². The number of fused-ring (bicyclic) bond motifs is 1. The highest BCUT2D eigenvalue weighted by atomic mass is 16.5. The van der Waals surface area contributed by atoms with Gasteiger partial charge in [-0.25, -0.2) is 4.79 Å². The molecule has 0 aliphatic rings. The third-order valence-corrected chi connectivity index (χ3v) is 2.39. The number of aromatic nitrogens is 1. The van der Waals surface area contributed by atoms with Crippen molar-refractivity contribution in [3.05, 3.63) is 42.2 Å². The van der Waals surface area contributed by atoms with E-state index >= 15 is 0 Å². The first-order valence-corrected chi connectivity index (χ1v) is 5.04. The van der Waals surface area contributed by atoms with Crippen molar-refractivity contribution in [1.29, 1.82) is 0 Å². The first-order valence-electron chi connectivity index (χ1n) is 5.04. The molecule has 0 bridgehead atoms. The zero-order chi connectivity index (χ0) is 12.3. The van der Waals surface area contributed by atoms with Gasteiger partial charge in [0.15, 0.2) is 0 Å². The number of pyridine rings is 1. The van der Waals surface area contributed by atoms with Crippen LogP contribution in [0.3, 0.4) is 0 Å². The summed E-state index contributed by atoms with van der Waals surface area (Å²) < 4.78 is 5.13. The molecule has 0 spiro atoms. The summed E-state index contributed by atoms with van der Waals surface area (Å²) in [6, 6.07) is 7.43. The van der Waals surface area contributed by atoms with Crippen molar-refractivity contribution >= 4 is 22.8 Å². The van der Waals surface area contributed by atoms with Gasteiger partial charge in [-0.2, -0.15) is 0 Å². The SMILES string of the molecule is COc1ccc2c(/C=C/C(=O)O)nccc2c1. The summed E-state index contributed by atoms with van der Waals surface area (Å²) in [4.78, 5) is 14.6. The zero-order valence-electron chi connectivity index (χ0n) is 9.25. The Balaban J connectivity index is 2.54. The van der Waals surface area contributed by atoms with Crippen LogP contribution in [0.5, 0.6) is 5.75 Å². The number of hydrogen-bond acceptors (Lipinski definition) is 3. The number of nitrogens with zero attached hydrogens (tertiary/aromatic N) is 1. The van der Waals surface area contributed by atoms with Gasteiger partial charge in [0, 0.05) is 17.7 Å². The Labute approximate surface area is 98.2 Å². The fraction of sp³-hybridized carbons (Fsp3) is 0.0769. The molecule has 1 N–H and O–H groups in total. The molecule has 0 fully saturated rings. The maximum Gasteiger partial charge on any atom is 0.328 e. The minimum Gasteiger partial charge on any atom is -0.497 e. The standard InChI is InChI=1S/C13H11NO3/c1-17-10-2-3-11-9(8-10)6-7-14-12(11)4-5-13(15)16/h2-8H,1H3,(H,15,16)/b5-4+. The van der Waals surface area contributed by atoms with Crippen LogP contribution >= 0.6 is 0 Å². The van der Waals surface area contributed by atoms with Crippen LogP contribution in [0.4, 0.5) is 0 Å². The average molecular weight is 229 g/mol. The van der Waals surface area contributed by atoms with E-state index in [1.807, 2.05) is 24.3 Å². The highest BCUT2D eigenvalue weighted by Crippen LogP contribution is 2.23. The van der Waals surface area contributed by atoms with E-state index in [4.69, 9.17) is 9.84 Å².